The SMILES string of the molecule is Cc1cc2[nH]c3cc4[nH]c5cc(C)c(C)cc5[nH]c4cc3[nH]c2cc1C. The van der Waals surface area contributed by atoms with E-state index in [0.717, 1.165) is 44.1 Å². The van der Waals surface area contributed by atoms with E-state index in [0.29, 0.717) is 0 Å². The van der Waals surface area contributed by atoms with Crippen LogP contribution in [0.2, 0.25) is 0 Å². The molecule has 0 bridgehead atoms. The largest absolute Gasteiger partial charge is 0.352 e. The molecule has 0 atom stereocenters. The number of aryl methyl sites for hydroxylation is 4. The Balaban J connectivity index is 1.86. The number of hydrogen-bond acceptors (Lipinski definition) is 0. The third-order valence-corrected chi connectivity index (χ3v) is 5.50. The Morgan fingerprint density at radius 2 is 0.538 bits per heavy atom. The fourth-order valence-electron chi connectivity index (χ4n) is 3.64. The highest BCUT2D eigenvalue weighted by Crippen LogP contribution is 2.25. The van der Waals surface area contributed by atoms with Crippen molar-refractivity contribution in [2.45, 2.75) is 27.7 Å². The molecule has 0 amide bonds. The molecule has 5 aromatic rings. The summed E-state index contributed by atoms with van der Waals surface area (Å²) in [5, 5.41) is 0. The van der Waals surface area contributed by atoms with Crippen LogP contribution in [0.3, 0.4) is 0 Å². The van der Waals surface area contributed by atoms with E-state index < -0.39 is 0 Å². The van der Waals surface area contributed by atoms with Gasteiger partial charge in [0.1, 0.15) is 0 Å². The lowest BCUT2D eigenvalue weighted by Gasteiger charge is -2.11. The quantitative estimate of drug-likeness (QED) is 0.251. The fourth-order valence-corrected chi connectivity index (χ4v) is 3.64. The van der Waals surface area contributed by atoms with Crippen LogP contribution in [0.5, 0.6) is 0 Å². The van der Waals surface area contributed by atoms with Gasteiger partial charge < -0.3 is 19.9 Å². The van der Waals surface area contributed by atoms with Gasteiger partial charge >= 0.3 is 0 Å². The molecule has 0 unspecified atom stereocenters. The molecule has 2 heterocycles. The van der Waals surface area contributed by atoms with Gasteiger partial charge in [0, 0.05) is 0 Å². The second-order valence-electron chi connectivity index (χ2n) is 7.41. The van der Waals surface area contributed by atoms with Crippen LogP contribution in [0.15, 0.2) is 36.4 Å². The number of aromatic nitrogens is 4. The molecular formula is C22H22N4. The first kappa shape index (κ1) is 15.1. The van der Waals surface area contributed by atoms with Crippen LogP contribution in [0.25, 0.3) is 44.1 Å². The number of hydrogen-bond donors (Lipinski definition) is 4. The van der Waals surface area contributed by atoms with Crippen molar-refractivity contribution in [3.63, 3.8) is 0 Å². The van der Waals surface area contributed by atoms with Crippen LogP contribution in [0, 0.1) is 27.7 Å². The first-order valence-corrected chi connectivity index (χ1v) is 8.96. The first-order valence-electron chi connectivity index (χ1n) is 8.96. The van der Waals surface area contributed by atoms with Gasteiger partial charge in [0.25, 0.3) is 0 Å². The molecule has 0 fully saturated rings. The highest BCUT2D eigenvalue weighted by atomic mass is 14.8. The molecule has 26 heavy (non-hydrogen) atoms. The van der Waals surface area contributed by atoms with E-state index in [4.69, 9.17) is 0 Å². The minimum absolute atomic E-state index is 1.08. The monoisotopic (exact) mass is 342 g/mol. The molecule has 4 N–H and O–H groups in total. The number of fused-ring (bicyclic) bond motifs is 4. The van der Waals surface area contributed by atoms with E-state index in [1.54, 1.807) is 0 Å². The number of nitrogens with one attached hydrogen (secondary N) is 4. The van der Waals surface area contributed by atoms with Gasteiger partial charge in [-0.3, -0.25) is 0 Å². The van der Waals surface area contributed by atoms with E-state index in [-0.39, 0.29) is 0 Å². The molecule has 4 heteroatoms. The van der Waals surface area contributed by atoms with Crippen molar-refractivity contribution in [2.75, 3.05) is 0 Å². The number of rotatable bonds is 0. The van der Waals surface area contributed by atoms with Crippen molar-refractivity contribution < 1.29 is 0 Å². The Bertz CT molecular complexity index is 1160. The van der Waals surface area contributed by atoms with Crippen molar-refractivity contribution in [2.24, 2.45) is 0 Å². The topological polar surface area (TPSA) is 63.2 Å². The molecule has 0 aliphatic carbocycles. The third-order valence-electron chi connectivity index (χ3n) is 5.50. The van der Waals surface area contributed by atoms with Crippen LogP contribution < -0.4 is 0 Å². The van der Waals surface area contributed by atoms with E-state index in [9.17, 15) is 0 Å². The zero-order valence-corrected chi connectivity index (χ0v) is 15.5. The normalized spacial score (nSPS) is 11.8. The maximum Gasteiger partial charge on any atom is 0.0646 e. The van der Waals surface area contributed by atoms with Gasteiger partial charge in [-0.2, -0.15) is 0 Å². The highest BCUT2D eigenvalue weighted by molar-refractivity contribution is 5.97. The zero-order valence-electron chi connectivity index (χ0n) is 15.5. The van der Waals surface area contributed by atoms with Crippen molar-refractivity contribution in [3.8, 4) is 0 Å². The van der Waals surface area contributed by atoms with Gasteiger partial charge in [-0.05, 0) is 86.3 Å². The van der Waals surface area contributed by atoms with E-state index >= 15 is 0 Å². The van der Waals surface area contributed by atoms with Crippen LogP contribution >= 0.6 is 0 Å². The molecule has 0 saturated heterocycles. The molecule has 0 aliphatic heterocycles. The number of benzene rings is 3. The fraction of sp³-hybridized carbons (Fsp3) is 0.182. The molecule has 2 aromatic heterocycles. The Morgan fingerprint density at radius 1 is 0.346 bits per heavy atom. The summed E-state index contributed by atoms with van der Waals surface area (Å²) in [5.74, 6) is 0. The van der Waals surface area contributed by atoms with E-state index in [1.807, 2.05) is 0 Å². The molecule has 3 aromatic carbocycles. The van der Waals surface area contributed by atoms with Crippen LogP contribution in [0.4, 0.5) is 0 Å². The molecule has 0 radical (unpaired) electrons. The van der Waals surface area contributed by atoms with Gasteiger partial charge in [0.05, 0.1) is 44.1 Å². The molecule has 130 valence electrons. The van der Waals surface area contributed by atoms with Crippen molar-refractivity contribution in [1.82, 2.24) is 19.9 Å². The summed E-state index contributed by atoms with van der Waals surface area (Å²) in [6.07, 6.45) is 0. The summed E-state index contributed by atoms with van der Waals surface area (Å²) in [6.45, 7) is 8.58. The number of aromatic amines is 4. The Kier molecular flexibility index (Phi) is 3.02. The van der Waals surface area contributed by atoms with E-state index in [1.165, 1.54) is 22.3 Å². The highest BCUT2D eigenvalue weighted by Gasteiger charge is 2.06. The average molecular weight is 342 g/mol. The van der Waals surface area contributed by atoms with Gasteiger partial charge in [-0.25, -0.2) is 0 Å². The summed E-state index contributed by atoms with van der Waals surface area (Å²) < 4.78 is 0. The summed E-state index contributed by atoms with van der Waals surface area (Å²) in [4.78, 5) is 14.3. The predicted octanol–water partition coefficient (Wildman–Crippen LogP) is 5.97. The second-order valence-corrected chi connectivity index (χ2v) is 7.41. The first-order chi connectivity index (χ1) is 12.5. The van der Waals surface area contributed by atoms with E-state index in [2.05, 4.69) is 84.0 Å². The van der Waals surface area contributed by atoms with Crippen molar-refractivity contribution >= 4 is 44.1 Å². The molecule has 5 rings (SSSR count). The van der Waals surface area contributed by atoms with Gasteiger partial charge in [0.15, 0.2) is 0 Å². The van der Waals surface area contributed by atoms with Crippen molar-refractivity contribution in [3.05, 3.63) is 58.7 Å². The molecule has 4 nitrogen and oxygen atoms in total. The summed E-state index contributed by atoms with van der Waals surface area (Å²) in [5.41, 5.74) is 14.0. The van der Waals surface area contributed by atoms with Crippen LogP contribution in [-0.4, -0.2) is 19.9 Å². The Morgan fingerprint density at radius 3 is 0.769 bits per heavy atom. The summed E-state index contributed by atoms with van der Waals surface area (Å²) >= 11 is 0. The lowest BCUT2D eigenvalue weighted by molar-refractivity contribution is 1.30. The maximum absolute atomic E-state index is 3.57. The third kappa shape index (κ3) is 2.22. The second kappa shape index (κ2) is 5.18. The molecule has 0 aliphatic rings. The lowest BCUT2D eigenvalue weighted by Crippen LogP contribution is -1.94. The number of H-pyrrole nitrogens is 4. The van der Waals surface area contributed by atoms with Crippen LogP contribution in [0.1, 0.15) is 22.3 Å². The molecule has 0 saturated carbocycles. The standard InChI is InChI=1S/C22H22N4/c1-11-5-15-16(6-12(11)2)24-20-10-22-21(9-19(20)23-15)25-17-7-13(3)14(4)8-18(17)26-22/h5-10,23-26H,1-4H3. The van der Waals surface area contributed by atoms with Gasteiger partial charge in [0.2, 0.25) is 0 Å². The maximum atomic E-state index is 3.57. The summed E-state index contributed by atoms with van der Waals surface area (Å²) in [7, 11) is 0. The zero-order chi connectivity index (χ0) is 18.0. The smallest absolute Gasteiger partial charge is 0.0646 e. The predicted molar refractivity (Wildman–Crippen MR) is 110 cm³/mol. The molecule has 0 spiro atoms. The minimum Gasteiger partial charge on any atom is -0.352 e. The van der Waals surface area contributed by atoms with Gasteiger partial charge in [-0.1, -0.05) is 0 Å². The van der Waals surface area contributed by atoms with Crippen LogP contribution in [-0.2, 0) is 0 Å². The minimum atomic E-state index is 1.08. The van der Waals surface area contributed by atoms with Crippen molar-refractivity contribution in [1.29, 1.82) is 0 Å². The molecular weight excluding hydrogens is 320 g/mol. The Labute approximate surface area is 150 Å². The lowest BCUT2D eigenvalue weighted by atomic mass is 10.1. The Hall–Kier alpha value is -3.14. The van der Waals surface area contributed by atoms with Gasteiger partial charge in [-0.15, -0.1) is 0 Å². The summed E-state index contributed by atoms with van der Waals surface area (Å²) in [6, 6.07) is 13.1. The average Bonchev–Trinajstić information content (AvgIpc) is 2.59.